The maximum atomic E-state index is 13.4. The van der Waals surface area contributed by atoms with E-state index in [0.717, 1.165) is 24.6 Å². The van der Waals surface area contributed by atoms with Crippen molar-refractivity contribution in [2.24, 2.45) is 0 Å². The molecule has 2 heterocycles. The van der Waals surface area contributed by atoms with Gasteiger partial charge in [-0.3, -0.25) is 19.9 Å². The van der Waals surface area contributed by atoms with E-state index in [1.54, 1.807) is 11.5 Å². The van der Waals surface area contributed by atoms with E-state index in [4.69, 9.17) is 4.74 Å². The van der Waals surface area contributed by atoms with Crippen LogP contribution in [0.5, 0.6) is 0 Å². The Hall–Kier alpha value is -3.42. The molecule has 206 valence electrons. The third kappa shape index (κ3) is 6.17. The van der Waals surface area contributed by atoms with Crippen LogP contribution in [0.15, 0.2) is 58.5 Å². The summed E-state index contributed by atoms with van der Waals surface area (Å²) in [6.07, 6.45) is 1.36. The number of methoxy groups -OCH3 is 1. The standard InChI is InChI=1S/C25H28F3N3O6S/c1-16-21(17-6-5-7-18(12-17)25(26,27)28)22(32)20(14-30(16)10-11-37-3)23(33)29-15-24(2)9-8-19(13-31(24)34)38(4,35)36/h5-9,12-14,34H,10-11,15H2,1-4H3,(H,29,33). The maximum absolute atomic E-state index is 13.4. The van der Waals surface area contributed by atoms with Crippen LogP contribution in [0.4, 0.5) is 13.2 Å². The predicted octanol–water partition coefficient (Wildman–Crippen LogP) is 3.12. The molecule has 1 amide bonds. The highest BCUT2D eigenvalue weighted by Gasteiger charge is 2.33. The fourth-order valence-electron chi connectivity index (χ4n) is 3.89. The van der Waals surface area contributed by atoms with Gasteiger partial charge >= 0.3 is 6.18 Å². The van der Waals surface area contributed by atoms with Gasteiger partial charge in [0.05, 0.1) is 22.6 Å². The number of hydrogen-bond acceptors (Lipinski definition) is 7. The summed E-state index contributed by atoms with van der Waals surface area (Å²) in [4.78, 5) is 26.5. The van der Waals surface area contributed by atoms with E-state index < -0.39 is 38.5 Å². The van der Waals surface area contributed by atoms with Crippen LogP contribution in [0.2, 0.25) is 0 Å². The van der Waals surface area contributed by atoms with Crippen molar-refractivity contribution < 1.29 is 36.3 Å². The molecule has 2 N–H and O–H groups in total. The molecule has 1 unspecified atom stereocenters. The monoisotopic (exact) mass is 555 g/mol. The SMILES string of the molecule is COCCn1cc(C(=O)NCC2(C)C=CC(S(C)(=O)=O)=CN2O)c(=O)c(-c2cccc(C(F)(F)F)c2)c1C. The van der Waals surface area contributed by atoms with Gasteiger partial charge in [0.15, 0.2) is 9.84 Å². The topological polar surface area (TPSA) is 118 Å². The Morgan fingerprint density at radius 1 is 1.26 bits per heavy atom. The highest BCUT2D eigenvalue weighted by Crippen LogP contribution is 2.32. The van der Waals surface area contributed by atoms with Crippen molar-refractivity contribution in [3.63, 3.8) is 0 Å². The van der Waals surface area contributed by atoms with Gasteiger partial charge < -0.3 is 14.6 Å². The number of ether oxygens (including phenoxy) is 1. The molecule has 0 saturated heterocycles. The lowest BCUT2D eigenvalue weighted by molar-refractivity contribution is -0.137. The van der Waals surface area contributed by atoms with Crippen LogP contribution < -0.4 is 10.7 Å². The fraction of sp³-hybridized carbons (Fsp3) is 0.360. The first-order valence-electron chi connectivity index (χ1n) is 11.4. The van der Waals surface area contributed by atoms with Crippen LogP contribution in [0.1, 0.15) is 28.5 Å². The number of allylic oxidation sites excluding steroid dienone is 1. The maximum Gasteiger partial charge on any atom is 0.416 e. The van der Waals surface area contributed by atoms with Crippen LogP contribution in [0.25, 0.3) is 11.1 Å². The molecule has 0 radical (unpaired) electrons. The van der Waals surface area contributed by atoms with E-state index in [2.05, 4.69) is 5.32 Å². The number of benzene rings is 1. The number of carbonyl (C=O) groups is 1. The number of halogens is 3. The van der Waals surface area contributed by atoms with Gasteiger partial charge in [-0.2, -0.15) is 13.2 Å². The summed E-state index contributed by atoms with van der Waals surface area (Å²) in [5, 5.41) is 13.6. The number of carbonyl (C=O) groups excluding carboxylic acids is 1. The number of sulfone groups is 1. The summed E-state index contributed by atoms with van der Waals surface area (Å²) >= 11 is 0. The average molecular weight is 556 g/mol. The number of nitrogens with zero attached hydrogens (tertiary/aromatic N) is 2. The van der Waals surface area contributed by atoms with Gasteiger partial charge in [-0.05, 0) is 37.6 Å². The van der Waals surface area contributed by atoms with E-state index >= 15 is 0 Å². The first kappa shape index (κ1) is 29.1. The van der Waals surface area contributed by atoms with Gasteiger partial charge in [-0.15, -0.1) is 0 Å². The molecule has 1 aromatic carbocycles. The van der Waals surface area contributed by atoms with E-state index in [-0.39, 0.29) is 41.3 Å². The third-order valence-electron chi connectivity index (χ3n) is 6.22. The summed E-state index contributed by atoms with van der Waals surface area (Å²) < 4.78 is 70.2. The molecule has 2 aromatic rings. The molecule has 0 fully saturated rings. The van der Waals surface area contributed by atoms with Crippen molar-refractivity contribution in [1.29, 1.82) is 0 Å². The molecule has 0 spiro atoms. The summed E-state index contributed by atoms with van der Waals surface area (Å²) in [7, 11) is -2.13. The first-order valence-corrected chi connectivity index (χ1v) is 13.3. The van der Waals surface area contributed by atoms with Gasteiger partial charge in [-0.25, -0.2) is 8.42 Å². The molecule has 3 rings (SSSR count). The number of pyridine rings is 1. The van der Waals surface area contributed by atoms with Gasteiger partial charge in [0, 0.05) is 50.1 Å². The fourth-order valence-corrected chi connectivity index (χ4v) is 4.50. The van der Waals surface area contributed by atoms with Crippen molar-refractivity contribution in [2.75, 3.05) is 26.5 Å². The number of amides is 1. The lowest BCUT2D eigenvalue weighted by atomic mass is 9.97. The van der Waals surface area contributed by atoms with Gasteiger partial charge in [-0.1, -0.05) is 18.2 Å². The Labute approximate surface area is 217 Å². The highest BCUT2D eigenvalue weighted by atomic mass is 32.2. The first-order chi connectivity index (χ1) is 17.6. The minimum atomic E-state index is -4.63. The van der Waals surface area contributed by atoms with Crippen LogP contribution in [-0.4, -0.2) is 61.2 Å². The molecule has 0 saturated carbocycles. The number of aromatic nitrogens is 1. The molecule has 0 aliphatic carbocycles. The molecule has 1 aromatic heterocycles. The molecule has 0 bridgehead atoms. The van der Waals surface area contributed by atoms with E-state index in [9.17, 15) is 36.4 Å². The molecule has 1 aliphatic heterocycles. The van der Waals surface area contributed by atoms with E-state index in [1.807, 2.05) is 0 Å². The average Bonchev–Trinajstić information content (AvgIpc) is 2.83. The molecular formula is C25H28F3N3O6S. The van der Waals surface area contributed by atoms with E-state index in [1.165, 1.54) is 44.5 Å². The Bertz CT molecular complexity index is 1460. The molecule has 9 nitrogen and oxygen atoms in total. The number of rotatable bonds is 8. The van der Waals surface area contributed by atoms with Crippen molar-refractivity contribution in [3.05, 3.63) is 80.8 Å². The van der Waals surface area contributed by atoms with Crippen molar-refractivity contribution >= 4 is 15.7 Å². The van der Waals surface area contributed by atoms with Crippen molar-refractivity contribution in [3.8, 4) is 11.1 Å². The van der Waals surface area contributed by atoms with Crippen LogP contribution in [-0.2, 0) is 27.3 Å². The van der Waals surface area contributed by atoms with Crippen molar-refractivity contribution in [1.82, 2.24) is 14.9 Å². The lowest BCUT2D eigenvalue weighted by Crippen LogP contribution is -2.50. The molecule has 1 atom stereocenters. The van der Waals surface area contributed by atoms with Gasteiger partial charge in [0.1, 0.15) is 5.56 Å². The Kier molecular flexibility index (Phi) is 8.24. The summed E-state index contributed by atoms with van der Waals surface area (Å²) in [6.45, 7) is 3.30. The summed E-state index contributed by atoms with van der Waals surface area (Å²) in [5.41, 5.74) is -2.97. The largest absolute Gasteiger partial charge is 0.416 e. The zero-order chi connectivity index (χ0) is 28.5. The van der Waals surface area contributed by atoms with Crippen LogP contribution in [0, 0.1) is 6.92 Å². The summed E-state index contributed by atoms with van der Waals surface area (Å²) in [5.74, 6) is -0.824. The normalized spacial score (nSPS) is 17.9. The zero-order valence-corrected chi connectivity index (χ0v) is 22.0. The van der Waals surface area contributed by atoms with Crippen LogP contribution in [0.3, 0.4) is 0 Å². The van der Waals surface area contributed by atoms with Crippen LogP contribution >= 0.6 is 0 Å². The number of hydroxylamine groups is 2. The molecule has 38 heavy (non-hydrogen) atoms. The second kappa shape index (κ2) is 10.8. The number of hydrogen-bond donors (Lipinski definition) is 2. The Morgan fingerprint density at radius 3 is 2.53 bits per heavy atom. The predicted molar refractivity (Wildman–Crippen MR) is 134 cm³/mol. The van der Waals surface area contributed by atoms with Crippen molar-refractivity contribution in [2.45, 2.75) is 32.1 Å². The number of alkyl halides is 3. The second-order valence-corrected chi connectivity index (χ2v) is 11.1. The quantitative estimate of drug-likeness (QED) is 0.514. The third-order valence-corrected chi connectivity index (χ3v) is 7.32. The molecular weight excluding hydrogens is 527 g/mol. The summed E-state index contributed by atoms with van der Waals surface area (Å²) in [6, 6.07) is 4.30. The lowest BCUT2D eigenvalue weighted by Gasteiger charge is -2.36. The smallest absolute Gasteiger partial charge is 0.383 e. The zero-order valence-electron chi connectivity index (χ0n) is 21.2. The second-order valence-electron chi connectivity index (χ2n) is 9.12. The number of nitrogens with one attached hydrogen (secondary N) is 1. The highest BCUT2D eigenvalue weighted by molar-refractivity contribution is 7.94. The minimum absolute atomic E-state index is 0.00490. The van der Waals surface area contributed by atoms with E-state index in [0.29, 0.717) is 10.8 Å². The molecule has 13 heteroatoms. The molecule has 1 aliphatic rings. The van der Waals surface area contributed by atoms with Gasteiger partial charge in [0.25, 0.3) is 5.91 Å². The van der Waals surface area contributed by atoms with Gasteiger partial charge in [0.2, 0.25) is 5.43 Å². The Morgan fingerprint density at radius 2 is 1.95 bits per heavy atom. The Balaban J connectivity index is 2.00. The minimum Gasteiger partial charge on any atom is -0.383 e.